The van der Waals surface area contributed by atoms with Crippen LogP contribution in [0.25, 0.3) is 0 Å². The highest BCUT2D eigenvalue weighted by atomic mass is 79.9. The quantitative estimate of drug-likeness (QED) is 0.874. The third kappa shape index (κ3) is 4.40. The summed E-state index contributed by atoms with van der Waals surface area (Å²) in [6.07, 6.45) is 0. The van der Waals surface area contributed by atoms with E-state index in [1.54, 1.807) is 0 Å². The Bertz CT molecular complexity index is 545. The molecule has 106 valence electrons. The highest BCUT2D eigenvalue weighted by Gasteiger charge is 2.08. The van der Waals surface area contributed by atoms with Gasteiger partial charge in [0.25, 0.3) is 0 Å². The molecule has 0 aromatic heterocycles. The van der Waals surface area contributed by atoms with Gasteiger partial charge in [0.1, 0.15) is 5.82 Å². The summed E-state index contributed by atoms with van der Waals surface area (Å²) in [4.78, 5) is 2.26. The highest BCUT2D eigenvalue weighted by Crippen LogP contribution is 2.18. The molecule has 0 aliphatic heterocycles. The summed E-state index contributed by atoms with van der Waals surface area (Å²) in [5.74, 6) is -0.234. The summed E-state index contributed by atoms with van der Waals surface area (Å²) < 4.78 is 13.8. The normalized spacial score (nSPS) is 11.0. The largest absolute Gasteiger partial charge is 0.329 e. The summed E-state index contributed by atoms with van der Waals surface area (Å²) in [5, 5.41) is 0. The fourth-order valence-corrected chi connectivity index (χ4v) is 2.56. The van der Waals surface area contributed by atoms with E-state index in [2.05, 4.69) is 33.0 Å². The van der Waals surface area contributed by atoms with Crippen LogP contribution < -0.4 is 5.73 Å². The molecule has 0 radical (unpaired) electrons. The minimum atomic E-state index is -0.234. The summed E-state index contributed by atoms with van der Waals surface area (Å²) in [5.41, 5.74) is 8.00. The van der Waals surface area contributed by atoms with Crippen molar-refractivity contribution in [2.75, 3.05) is 13.1 Å². The van der Waals surface area contributed by atoms with Crippen LogP contribution in [0.5, 0.6) is 0 Å². The standard InChI is InChI=1S/C16H18BrFN2/c17-15-10-14(6-7-16(15)18)12-20(9-8-19)11-13-4-2-1-3-5-13/h1-7,10H,8-9,11-12,19H2. The molecule has 0 aliphatic carbocycles. The lowest BCUT2D eigenvalue weighted by Gasteiger charge is -2.22. The first kappa shape index (κ1) is 15.2. The molecule has 4 heteroatoms. The second kappa shape index (κ2) is 7.53. The minimum absolute atomic E-state index is 0.234. The molecule has 0 atom stereocenters. The maximum Gasteiger partial charge on any atom is 0.137 e. The summed E-state index contributed by atoms with van der Waals surface area (Å²) in [7, 11) is 0. The lowest BCUT2D eigenvalue weighted by atomic mass is 10.1. The van der Waals surface area contributed by atoms with E-state index in [1.807, 2.05) is 30.3 Å². The molecule has 2 aromatic carbocycles. The molecule has 0 spiro atoms. The Labute approximate surface area is 127 Å². The van der Waals surface area contributed by atoms with Crippen molar-refractivity contribution < 1.29 is 4.39 Å². The van der Waals surface area contributed by atoms with E-state index in [1.165, 1.54) is 11.6 Å². The van der Waals surface area contributed by atoms with Crippen LogP contribution in [-0.2, 0) is 13.1 Å². The Balaban J connectivity index is 2.06. The highest BCUT2D eigenvalue weighted by molar-refractivity contribution is 9.10. The molecule has 20 heavy (non-hydrogen) atoms. The fraction of sp³-hybridized carbons (Fsp3) is 0.250. The van der Waals surface area contributed by atoms with Crippen molar-refractivity contribution in [1.29, 1.82) is 0 Å². The Hall–Kier alpha value is -1.23. The molecule has 0 aliphatic rings. The van der Waals surface area contributed by atoms with Gasteiger partial charge in [-0.2, -0.15) is 0 Å². The minimum Gasteiger partial charge on any atom is -0.329 e. The number of rotatable bonds is 6. The predicted octanol–water partition coefficient (Wildman–Crippen LogP) is 3.55. The maximum atomic E-state index is 13.3. The van der Waals surface area contributed by atoms with E-state index < -0.39 is 0 Å². The number of nitrogens with two attached hydrogens (primary N) is 1. The molecule has 0 bridgehead atoms. The van der Waals surface area contributed by atoms with Crippen LogP contribution in [0.2, 0.25) is 0 Å². The van der Waals surface area contributed by atoms with Crippen molar-refractivity contribution in [2.24, 2.45) is 5.73 Å². The van der Waals surface area contributed by atoms with Crippen LogP contribution in [0.3, 0.4) is 0 Å². The van der Waals surface area contributed by atoms with Gasteiger partial charge in [-0.1, -0.05) is 36.4 Å². The number of nitrogens with zero attached hydrogens (tertiary/aromatic N) is 1. The molecule has 0 saturated carbocycles. The lowest BCUT2D eigenvalue weighted by Crippen LogP contribution is -2.28. The fourth-order valence-electron chi connectivity index (χ4n) is 2.13. The zero-order valence-electron chi connectivity index (χ0n) is 11.2. The zero-order chi connectivity index (χ0) is 14.4. The maximum absolute atomic E-state index is 13.3. The molecular weight excluding hydrogens is 319 g/mol. The smallest absolute Gasteiger partial charge is 0.137 e. The van der Waals surface area contributed by atoms with Gasteiger partial charge in [0.2, 0.25) is 0 Å². The average molecular weight is 337 g/mol. The van der Waals surface area contributed by atoms with Gasteiger partial charge in [-0.3, -0.25) is 4.90 Å². The van der Waals surface area contributed by atoms with E-state index >= 15 is 0 Å². The van der Waals surface area contributed by atoms with Gasteiger partial charge in [-0.15, -0.1) is 0 Å². The molecule has 0 saturated heterocycles. The van der Waals surface area contributed by atoms with Crippen LogP contribution in [0.15, 0.2) is 53.0 Å². The predicted molar refractivity (Wildman–Crippen MR) is 83.7 cm³/mol. The monoisotopic (exact) mass is 336 g/mol. The van der Waals surface area contributed by atoms with Crippen LogP contribution >= 0.6 is 15.9 Å². The van der Waals surface area contributed by atoms with Crippen molar-refractivity contribution in [2.45, 2.75) is 13.1 Å². The van der Waals surface area contributed by atoms with Crippen molar-refractivity contribution in [3.05, 3.63) is 69.9 Å². The summed E-state index contributed by atoms with van der Waals surface area (Å²) >= 11 is 3.22. The topological polar surface area (TPSA) is 29.3 Å². The Morgan fingerprint density at radius 1 is 1.00 bits per heavy atom. The van der Waals surface area contributed by atoms with E-state index in [4.69, 9.17) is 5.73 Å². The van der Waals surface area contributed by atoms with E-state index in [0.29, 0.717) is 11.0 Å². The van der Waals surface area contributed by atoms with Crippen molar-refractivity contribution in [3.63, 3.8) is 0 Å². The summed E-state index contributed by atoms with van der Waals surface area (Å²) in [6, 6.07) is 15.4. The van der Waals surface area contributed by atoms with Crippen molar-refractivity contribution >= 4 is 15.9 Å². The van der Waals surface area contributed by atoms with Gasteiger partial charge >= 0.3 is 0 Å². The molecule has 2 rings (SSSR count). The first-order valence-electron chi connectivity index (χ1n) is 6.59. The van der Waals surface area contributed by atoms with Gasteiger partial charge in [-0.05, 0) is 39.2 Å². The molecule has 0 amide bonds. The molecule has 2 aromatic rings. The van der Waals surface area contributed by atoms with Gasteiger partial charge < -0.3 is 5.73 Å². The van der Waals surface area contributed by atoms with Gasteiger partial charge in [0.15, 0.2) is 0 Å². The van der Waals surface area contributed by atoms with Crippen LogP contribution in [0, 0.1) is 5.82 Å². The van der Waals surface area contributed by atoms with Crippen molar-refractivity contribution in [1.82, 2.24) is 4.90 Å². The first-order chi connectivity index (χ1) is 9.69. The van der Waals surface area contributed by atoms with E-state index in [0.717, 1.165) is 25.2 Å². The number of halogens is 2. The SMILES string of the molecule is NCCN(Cc1ccccc1)Cc1ccc(F)c(Br)c1. The van der Waals surface area contributed by atoms with Gasteiger partial charge in [-0.25, -0.2) is 4.39 Å². The summed E-state index contributed by atoms with van der Waals surface area (Å²) in [6.45, 7) is 3.01. The third-order valence-electron chi connectivity index (χ3n) is 3.08. The average Bonchev–Trinajstić information content (AvgIpc) is 2.44. The molecule has 2 N–H and O–H groups in total. The molecule has 0 unspecified atom stereocenters. The lowest BCUT2D eigenvalue weighted by molar-refractivity contribution is 0.264. The van der Waals surface area contributed by atoms with Gasteiger partial charge in [0, 0.05) is 26.2 Å². The first-order valence-corrected chi connectivity index (χ1v) is 7.38. The zero-order valence-corrected chi connectivity index (χ0v) is 12.8. The second-order valence-corrected chi connectivity index (χ2v) is 5.59. The van der Waals surface area contributed by atoms with E-state index in [-0.39, 0.29) is 5.82 Å². The Kier molecular flexibility index (Phi) is 5.71. The number of hydrogen-bond donors (Lipinski definition) is 1. The van der Waals surface area contributed by atoms with Crippen LogP contribution in [-0.4, -0.2) is 18.0 Å². The third-order valence-corrected chi connectivity index (χ3v) is 3.69. The molecule has 2 nitrogen and oxygen atoms in total. The second-order valence-electron chi connectivity index (χ2n) is 4.73. The van der Waals surface area contributed by atoms with Crippen LogP contribution in [0.4, 0.5) is 4.39 Å². The van der Waals surface area contributed by atoms with Crippen LogP contribution in [0.1, 0.15) is 11.1 Å². The number of benzene rings is 2. The van der Waals surface area contributed by atoms with Crippen molar-refractivity contribution in [3.8, 4) is 0 Å². The van der Waals surface area contributed by atoms with Gasteiger partial charge in [0.05, 0.1) is 4.47 Å². The number of hydrogen-bond acceptors (Lipinski definition) is 2. The Morgan fingerprint density at radius 2 is 1.70 bits per heavy atom. The Morgan fingerprint density at radius 3 is 2.35 bits per heavy atom. The van der Waals surface area contributed by atoms with E-state index in [9.17, 15) is 4.39 Å². The molecular formula is C16H18BrFN2. The molecule has 0 fully saturated rings. The molecule has 0 heterocycles.